The molecule has 6 aliphatic rings. The van der Waals surface area contributed by atoms with Crippen LogP contribution in [-0.4, -0.2) is 6.71 Å². The molecular weight excluding hydrogens is 816 g/mol. The van der Waals surface area contributed by atoms with Crippen LogP contribution >= 0.6 is 11.3 Å². The first-order valence-electron chi connectivity index (χ1n) is 26.3. The highest BCUT2D eigenvalue weighted by Gasteiger charge is 2.51. The number of aryl methyl sites for hydroxylation is 2. The maximum absolute atomic E-state index is 2.88. The van der Waals surface area contributed by atoms with Gasteiger partial charge in [0.05, 0.1) is 5.69 Å². The van der Waals surface area contributed by atoms with Crippen LogP contribution in [0.1, 0.15) is 217 Å². The predicted octanol–water partition coefficient (Wildman–Crippen LogP) is 15.6. The molecule has 0 amide bonds. The van der Waals surface area contributed by atoms with Gasteiger partial charge in [-0.05, 0) is 206 Å². The Labute approximate surface area is 404 Å². The van der Waals surface area contributed by atoms with Gasteiger partial charge in [-0.1, -0.05) is 129 Å². The van der Waals surface area contributed by atoms with Crippen LogP contribution in [0.3, 0.4) is 0 Å². The van der Waals surface area contributed by atoms with E-state index >= 15 is 0 Å². The number of hydrogen-bond donors (Lipinski definition) is 0. The van der Waals surface area contributed by atoms with E-state index in [1.54, 1.807) is 37.5 Å². The van der Waals surface area contributed by atoms with Crippen molar-refractivity contribution < 1.29 is 0 Å². The summed E-state index contributed by atoms with van der Waals surface area (Å²) in [7, 11) is 0. The van der Waals surface area contributed by atoms with Gasteiger partial charge in [-0.3, -0.25) is 0 Å². The predicted molar refractivity (Wildman–Crippen MR) is 289 cm³/mol. The van der Waals surface area contributed by atoms with E-state index < -0.39 is 0 Å². The van der Waals surface area contributed by atoms with E-state index in [1.165, 1.54) is 119 Å². The fourth-order valence-corrected chi connectivity index (χ4v) is 15.8. The molecule has 2 nitrogen and oxygen atoms in total. The van der Waals surface area contributed by atoms with Crippen molar-refractivity contribution in [2.45, 2.75) is 219 Å². The lowest BCUT2D eigenvalue weighted by atomic mass is 9.35. The molecule has 0 atom stereocenters. The van der Waals surface area contributed by atoms with Crippen LogP contribution in [0, 0.1) is 0 Å². The summed E-state index contributed by atoms with van der Waals surface area (Å²) < 4.78 is 1.58. The summed E-state index contributed by atoms with van der Waals surface area (Å²) in [5, 5.41) is 0. The Bertz CT molecular complexity index is 2870. The third-order valence-electron chi connectivity index (χ3n) is 19.0. The van der Waals surface area contributed by atoms with Crippen LogP contribution in [0.4, 0.5) is 34.1 Å². The zero-order valence-corrected chi connectivity index (χ0v) is 44.7. The zero-order chi connectivity index (χ0) is 47.1. The van der Waals surface area contributed by atoms with E-state index in [0.717, 1.165) is 19.3 Å². The number of hydrogen-bond acceptors (Lipinski definition) is 3. The summed E-state index contributed by atoms with van der Waals surface area (Å²) in [5.41, 5.74) is 26.2. The number of benzene rings is 4. The van der Waals surface area contributed by atoms with Crippen molar-refractivity contribution >= 4 is 67.9 Å². The van der Waals surface area contributed by atoms with Crippen LogP contribution in [0.5, 0.6) is 0 Å². The number of rotatable bonds is 4. The van der Waals surface area contributed by atoms with Crippen molar-refractivity contribution in [3.8, 4) is 0 Å². The van der Waals surface area contributed by atoms with Gasteiger partial charge in [-0.25, -0.2) is 0 Å². The Hall–Kier alpha value is -3.76. The van der Waals surface area contributed by atoms with Crippen LogP contribution in [0.25, 0.3) is 0 Å². The van der Waals surface area contributed by atoms with Gasteiger partial charge in [-0.15, -0.1) is 0 Å². The van der Waals surface area contributed by atoms with Gasteiger partial charge >= 0.3 is 0 Å². The van der Waals surface area contributed by atoms with E-state index in [2.05, 4.69) is 187 Å². The van der Waals surface area contributed by atoms with Crippen molar-refractivity contribution in [2.24, 2.45) is 0 Å². The Kier molecular flexibility index (Phi) is 9.60. The topological polar surface area (TPSA) is 6.48 Å². The van der Waals surface area contributed by atoms with Crippen LogP contribution < -0.4 is 25.5 Å². The van der Waals surface area contributed by atoms with Gasteiger partial charge < -0.3 is 9.80 Å². The monoisotopic (exact) mass is 895 g/mol. The summed E-state index contributed by atoms with van der Waals surface area (Å²) >= 11 is 2.19. The first-order valence-corrected chi connectivity index (χ1v) is 27.1. The molecule has 11 rings (SSSR count). The summed E-state index contributed by atoms with van der Waals surface area (Å²) in [6.07, 6.45) is 12.9. The van der Waals surface area contributed by atoms with Gasteiger partial charge in [-0.2, -0.15) is 11.3 Å². The first-order chi connectivity index (χ1) is 30.8. The lowest BCUT2D eigenvalue weighted by Gasteiger charge is -2.48. The Morgan fingerprint density at radius 1 is 0.485 bits per heavy atom. The summed E-state index contributed by atoms with van der Waals surface area (Å²) in [4.78, 5) is 7.29. The zero-order valence-electron chi connectivity index (χ0n) is 43.9. The van der Waals surface area contributed by atoms with Crippen LogP contribution in [-0.2, 0) is 57.2 Å². The molecule has 2 aliphatic heterocycles. The highest BCUT2D eigenvalue weighted by molar-refractivity contribution is 7.29. The highest BCUT2D eigenvalue weighted by atomic mass is 32.1. The molecule has 346 valence electrons. The van der Waals surface area contributed by atoms with Gasteiger partial charge in [0, 0.05) is 38.1 Å². The molecule has 0 spiro atoms. The highest BCUT2D eigenvalue weighted by Crippen LogP contribution is 2.57. The molecule has 0 N–H and O–H groups in total. The van der Waals surface area contributed by atoms with E-state index in [0.29, 0.717) is 0 Å². The minimum atomic E-state index is 0.0933. The van der Waals surface area contributed by atoms with Crippen molar-refractivity contribution in [3.05, 3.63) is 110 Å². The second-order valence-electron chi connectivity index (χ2n) is 26.7. The molecule has 66 heavy (non-hydrogen) atoms. The summed E-state index contributed by atoms with van der Waals surface area (Å²) in [6, 6.07) is 23.8. The van der Waals surface area contributed by atoms with E-state index in [-0.39, 0.29) is 44.6 Å². The smallest absolute Gasteiger partial charge is 0.264 e. The average Bonchev–Trinajstić information content (AvgIpc) is 3.65. The molecular formula is C62H79BN2S. The Morgan fingerprint density at radius 2 is 0.985 bits per heavy atom. The quantitative estimate of drug-likeness (QED) is 0.162. The summed E-state index contributed by atoms with van der Waals surface area (Å²) in [5.74, 6) is 0. The second-order valence-corrected chi connectivity index (χ2v) is 27.8. The third-order valence-corrected chi connectivity index (χ3v) is 20.7. The lowest BCUT2D eigenvalue weighted by molar-refractivity contribution is 0.331. The molecule has 0 fully saturated rings. The second kappa shape index (κ2) is 14.2. The molecule has 0 radical (unpaired) electrons. The molecule has 0 saturated heterocycles. The fraction of sp³-hybridized carbons (Fsp3) is 0.548. The minimum Gasteiger partial charge on any atom is -0.311 e. The Morgan fingerprint density at radius 3 is 1.55 bits per heavy atom. The summed E-state index contributed by atoms with van der Waals surface area (Å²) in [6.45, 7) is 40.1. The normalized spacial score (nSPS) is 22.6. The molecule has 4 aliphatic carbocycles. The maximum atomic E-state index is 2.88. The van der Waals surface area contributed by atoms with E-state index in [1.807, 2.05) is 0 Å². The molecule has 0 unspecified atom stereocenters. The molecule has 0 bridgehead atoms. The SMILES string of the molecule is CCc1cc2c3c(c1)N(c1cc4c(cc1CC)C(C)(C)CCC4(C)C)c1c(sc4c1CCCC4(C)C)B3c1cc3c(cc1N2c1ccc2c(c1)C(C)(C)CCC2(C)C)C(C)(C)CCC3(C)C. The molecule has 1 aromatic heterocycles. The molecule has 0 saturated carbocycles. The maximum Gasteiger partial charge on any atom is 0.264 e. The number of nitrogens with zero attached hydrogens (tertiary/aromatic N) is 2. The van der Waals surface area contributed by atoms with Gasteiger partial charge in [0.25, 0.3) is 6.71 Å². The van der Waals surface area contributed by atoms with Gasteiger partial charge in [0.2, 0.25) is 0 Å². The van der Waals surface area contributed by atoms with E-state index in [9.17, 15) is 0 Å². The number of thiophene rings is 1. The van der Waals surface area contributed by atoms with Crippen molar-refractivity contribution in [1.82, 2.24) is 0 Å². The third kappa shape index (κ3) is 6.30. The van der Waals surface area contributed by atoms with Crippen molar-refractivity contribution in [1.29, 1.82) is 0 Å². The molecule has 3 heterocycles. The van der Waals surface area contributed by atoms with Crippen molar-refractivity contribution in [2.75, 3.05) is 9.80 Å². The van der Waals surface area contributed by atoms with Crippen LogP contribution in [0.2, 0.25) is 0 Å². The standard InChI is InChI=1S/C62H79BN2S/c1-17-37-30-50-52-51(31-37)65(48-35-45-42(32-38(48)18-2)57(5,6)26-28-60(45,11)12)53-40-20-19-23-62(15,16)54(40)66-55(53)63(52)47-34-44-46(61(13,14)29-27-59(44,9)10)36-49(47)64(50)39-21-22-41-43(33-39)58(7,8)25-24-56(41,3)4/h21-22,30-36H,17-20,23-29H2,1-16H3. The number of fused-ring (bicyclic) bond motifs is 9. The molecule has 4 aromatic carbocycles. The largest absolute Gasteiger partial charge is 0.311 e. The fourth-order valence-electron chi connectivity index (χ4n) is 14.2. The van der Waals surface area contributed by atoms with Gasteiger partial charge in [0.15, 0.2) is 0 Å². The van der Waals surface area contributed by atoms with E-state index in [4.69, 9.17) is 0 Å². The first kappa shape index (κ1) is 44.7. The van der Waals surface area contributed by atoms with Crippen LogP contribution in [0.15, 0.2) is 54.6 Å². The molecule has 5 aromatic rings. The molecule has 4 heteroatoms. The van der Waals surface area contributed by atoms with Gasteiger partial charge in [0.1, 0.15) is 0 Å². The Balaban J connectivity index is 1.28. The lowest BCUT2D eigenvalue weighted by Crippen LogP contribution is -2.61. The minimum absolute atomic E-state index is 0.0933. The van der Waals surface area contributed by atoms with Crippen molar-refractivity contribution in [3.63, 3.8) is 0 Å². The average molecular weight is 895 g/mol. The number of anilines is 6.